The number of aromatic nitrogens is 2. The Morgan fingerprint density at radius 2 is 2.33 bits per heavy atom. The van der Waals surface area contributed by atoms with Crippen LogP contribution >= 0.6 is 0 Å². The Morgan fingerprint density at radius 3 is 3.00 bits per heavy atom. The van der Waals surface area contributed by atoms with Gasteiger partial charge in [-0.05, 0) is 25.7 Å². The summed E-state index contributed by atoms with van der Waals surface area (Å²) < 4.78 is 13.5. The van der Waals surface area contributed by atoms with Gasteiger partial charge in [0, 0.05) is 26.0 Å². The molecule has 2 saturated heterocycles. The van der Waals surface area contributed by atoms with Gasteiger partial charge in [0.2, 0.25) is 5.91 Å². The van der Waals surface area contributed by atoms with E-state index >= 15 is 0 Å². The third-order valence-electron chi connectivity index (χ3n) is 4.39. The molecule has 4 atom stereocenters. The molecular weight excluding hydrogens is 270 g/mol. The summed E-state index contributed by atoms with van der Waals surface area (Å²) in [6.07, 6.45) is 6.95. The van der Waals surface area contributed by atoms with Crippen molar-refractivity contribution in [2.24, 2.45) is 7.05 Å². The van der Waals surface area contributed by atoms with Crippen molar-refractivity contribution < 1.29 is 14.3 Å². The first kappa shape index (κ1) is 14.5. The van der Waals surface area contributed by atoms with Crippen LogP contribution in [0.1, 0.15) is 44.5 Å². The first-order valence-corrected chi connectivity index (χ1v) is 7.73. The predicted octanol–water partition coefficient (Wildman–Crippen LogP) is 1.32. The Hall–Kier alpha value is -1.40. The molecule has 6 nitrogen and oxygen atoms in total. The quantitative estimate of drug-likeness (QED) is 0.909. The van der Waals surface area contributed by atoms with Crippen molar-refractivity contribution in [1.29, 1.82) is 0 Å². The summed E-state index contributed by atoms with van der Waals surface area (Å²) in [6, 6.07) is -0.0251. The van der Waals surface area contributed by atoms with Crippen LogP contribution in [0.5, 0.6) is 0 Å². The molecule has 0 radical (unpaired) electrons. The van der Waals surface area contributed by atoms with Crippen molar-refractivity contribution in [1.82, 2.24) is 14.9 Å². The first-order chi connectivity index (χ1) is 10.2. The summed E-state index contributed by atoms with van der Waals surface area (Å²) >= 11 is 0. The minimum atomic E-state index is -0.308. The van der Waals surface area contributed by atoms with Gasteiger partial charge < -0.3 is 19.4 Å². The van der Waals surface area contributed by atoms with Gasteiger partial charge >= 0.3 is 0 Å². The fraction of sp³-hybridized carbons (Fsp3) is 0.733. The summed E-state index contributed by atoms with van der Waals surface area (Å²) in [7, 11) is 1.94. The van der Waals surface area contributed by atoms with Gasteiger partial charge in [-0.3, -0.25) is 4.79 Å². The normalized spacial score (nSPS) is 32.5. The zero-order chi connectivity index (χ0) is 14.8. The van der Waals surface area contributed by atoms with E-state index in [9.17, 15) is 4.79 Å². The van der Waals surface area contributed by atoms with E-state index in [1.54, 1.807) is 6.20 Å². The van der Waals surface area contributed by atoms with E-state index in [0.29, 0.717) is 6.61 Å². The van der Waals surface area contributed by atoms with Gasteiger partial charge in [-0.1, -0.05) is 6.92 Å². The zero-order valence-corrected chi connectivity index (χ0v) is 12.6. The van der Waals surface area contributed by atoms with E-state index in [4.69, 9.17) is 9.47 Å². The van der Waals surface area contributed by atoms with Gasteiger partial charge in [0.25, 0.3) is 0 Å². The fourth-order valence-corrected chi connectivity index (χ4v) is 3.12. The number of nitrogens with zero attached hydrogens (tertiary/aromatic N) is 2. The highest BCUT2D eigenvalue weighted by Gasteiger charge is 2.36. The molecule has 0 saturated carbocycles. The number of hydrogen-bond donors (Lipinski definition) is 1. The van der Waals surface area contributed by atoms with Crippen molar-refractivity contribution in [3.63, 3.8) is 0 Å². The van der Waals surface area contributed by atoms with Gasteiger partial charge in [-0.2, -0.15) is 0 Å². The predicted molar refractivity (Wildman–Crippen MR) is 76.6 cm³/mol. The SMILES string of the molecule is CC[C@H]1CC[C@H](C(=O)N[C@H]2CCO[C@@H]2c2nccn2C)O1. The average molecular weight is 293 g/mol. The second kappa shape index (κ2) is 6.15. The molecule has 0 bridgehead atoms. The number of nitrogens with one attached hydrogen (secondary N) is 1. The van der Waals surface area contributed by atoms with Crippen LogP contribution in [0.3, 0.4) is 0 Å². The van der Waals surface area contributed by atoms with Gasteiger partial charge in [-0.15, -0.1) is 0 Å². The lowest BCUT2D eigenvalue weighted by Gasteiger charge is -2.21. The maximum Gasteiger partial charge on any atom is 0.249 e. The van der Waals surface area contributed by atoms with Crippen molar-refractivity contribution >= 4 is 5.91 Å². The van der Waals surface area contributed by atoms with Crippen LogP contribution < -0.4 is 5.32 Å². The number of hydrogen-bond acceptors (Lipinski definition) is 4. The molecule has 1 aromatic heterocycles. The lowest BCUT2D eigenvalue weighted by atomic mass is 10.1. The third-order valence-corrected chi connectivity index (χ3v) is 4.39. The molecule has 3 heterocycles. The van der Waals surface area contributed by atoms with E-state index in [1.807, 2.05) is 17.8 Å². The molecule has 1 amide bonds. The Kier molecular flexibility index (Phi) is 4.26. The summed E-state index contributed by atoms with van der Waals surface area (Å²) in [4.78, 5) is 16.7. The molecule has 21 heavy (non-hydrogen) atoms. The highest BCUT2D eigenvalue weighted by atomic mass is 16.5. The van der Waals surface area contributed by atoms with E-state index in [0.717, 1.165) is 31.5 Å². The second-order valence-corrected chi connectivity index (χ2v) is 5.82. The molecule has 2 fully saturated rings. The van der Waals surface area contributed by atoms with Crippen molar-refractivity contribution in [2.75, 3.05) is 6.61 Å². The van der Waals surface area contributed by atoms with Gasteiger partial charge in [0.1, 0.15) is 18.0 Å². The molecule has 0 unspecified atom stereocenters. The Bertz CT molecular complexity index is 502. The van der Waals surface area contributed by atoms with Crippen LogP contribution in [-0.2, 0) is 21.3 Å². The lowest BCUT2D eigenvalue weighted by Crippen LogP contribution is -2.43. The molecule has 2 aliphatic rings. The average Bonchev–Trinajstić information content (AvgIpc) is 3.18. The van der Waals surface area contributed by atoms with E-state index < -0.39 is 0 Å². The monoisotopic (exact) mass is 293 g/mol. The van der Waals surface area contributed by atoms with Crippen LogP contribution in [0.4, 0.5) is 0 Å². The number of rotatable bonds is 4. The van der Waals surface area contributed by atoms with Gasteiger partial charge in [0.05, 0.1) is 12.1 Å². The number of amides is 1. The van der Waals surface area contributed by atoms with Crippen molar-refractivity contribution in [2.45, 2.75) is 57.0 Å². The largest absolute Gasteiger partial charge is 0.368 e. The standard InChI is InChI=1S/C15H23N3O3/c1-3-10-4-5-12(21-10)15(19)17-11-6-9-20-13(11)14-16-7-8-18(14)2/h7-8,10-13H,3-6,9H2,1-2H3,(H,17,19)/t10-,11-,12+,13-/m0/s1. The third kappa shape index (κ3) is 2.96. The van der Waals surface area contributed by atoms with Crippen molar-refractivity contribution in [3.8, 4) is 0 Å². The van der Waals surface area contributed by atoms with Crippen LogP contribution in [-0.4, -0.2) is 40.3 Å². The van der Waals surface area contributed by atoms with Crippen LogP contribution in [0.15, 0.2) is 12.4 Å². The van der Waals surface area contributed by atoms with Crippen LogP contribution in [0, 0.1) is 0 Å². The van der Waals surface area contributed by atoms with Crippen molar-refractivity contribution in [3.05, 3.63) is 18.2 Å². The lowest BCUT2D eigenvalue weighted by molar-refractivity contribution is -0.133. The number of carbonyl (C=O) groups excluding carboxylic acids is 1. The molecule has 1 aromatic rings. The molecule has 6 heteroatoms. The second-order valence-electron chi connectivity index (χ2n) is 5.82. The maximum absolute atomic E-state index is 12.3. The molecule has 1 N–H and O–H groups in total. The van der Waals surface area contributed by atoms with Gasteiger partial charge in [-0.25, -0.2) is 4.98 Å². The minimum absolute atomic E-state index is 0.0133. The molecular formula is C15H23N3O3. The molecule has 116 valence electrons. The first-order valence-electron chi connectivity index (χ1n) is 7.73. The summed E-state index contributed by atoms with van der Waals surface area (Å²) in [5.74, 6) is 0.845. The topological polar surface area (TPSA) is 65.4 Å². The Labute approximate surface area is 124 Å². The summed E-state index contributed by atoms with van der Waals surface area (Å²) in [6.45, 7) is 2.73. The number of ether oxygens (including phenoxy) is 2. The van der Waals surface area contributed by atoms with E-state index in [1.165, 1.54) is 0 Å². The van der Waals surface area contributed by atoms with E-state index in [-0.39, 0.29) is 30.3 Å². The summed E-state index contributed by atoms with van der Waals surface area (Å²) in [5.41, 5.74) is 0. The van der Waals surface area contributed by atoms with Crippen LogP contribution in [0.25, 0.3) is 0 Å². The molecule has 0 aromatic carbocycles. The Morgan fingerprint density at radius 1 is 1.48 bits per heavy atom. The highest BCUT2D eigenvalue weighted by Crippen LogP contribution is 2.29. The van der Waals surface area contributed by atoms with E-state index in [2.05, 4.69) is 17.2 Å². The minimum Gasteiger partial charge on any atom is -0.368 e. The van der Waals surface area contributed by atoms with Gasteiger partial charge in [0.15, 0.2) is 0 Å². The zero-order valence-electron chi connectivity index (χ0n) is 12.6. The number of imidazole rings is 1. The maximum atomic E-state index is 12.3. The Balaban J connectivity index is 1.62. The highest BCUT2D eigenvalue weighted by molar-refractivity contribution is 5.81. The number of carbonyl (C=O) groups is 1. The number of aryl methyl sites for hydroxylation is 1. The molecule has 0 spiro atoms. The fourth-order valence-electron chi connectivity index (χ4n) is 3.12. The smallest absolute Gasteiger partial charge is 0.249 e. The molecule has 3 rings (SSSR count). The summed E-state index contributed by atoms with van der Waals surface area (Å²) in [5, 5.41) is 3.09. The van der Waals surface area contributed by atoms with Crippen LogP contribution in [0.2, 0.25) is 0 Å². The molecule has 0 aliphatic carbocycles. The molecule has 2 aliphatic heterocycles.